The van der Waals surface area contributed by atoms with Crippen LogP contribution in [0.4, 0.5) is 5.82 Å². The number of carbonyl (C=O) groups excluding carboxylic acids is 1. The van der Waals surface area contributed by atoms with Crippen molar-refractivity contribution in [2.24, 2.45) is 5.73 Å². The van der Waals surface area contributed by atoms with Gasteiger partial charge >= 0.3 is 0 Å². The first-order chi connectivity index (χ1) is 5.16. The van der Waals surface area contributed by atoms with Crippen LogP contribution in [0.25, 0.3) is 0 Å². The number of primary amides is 1. The van der Waals surface area contributed by atoms with Crippen molar-refractivity contribution in [3.05, 3.63) is 10.2 Å². The van der Waals surface area contributed by atoms with Crippen molar-refractivity contribution in [2.75, 3.05) is 12.4 Å². The van der Waals surface area contributed by atoms with Crippen LogP contribution in [0, 0.1) is 0 Å². The van der Waals surface area contributed by atoms with Crippen molar-refractivity contribution in [3.8, 4) is 0 Å². The highest BCUT2D eigenvalue weighted by Crippen LogP contribution is 2.19. The normalized spacial score (nSPS) is 9.64. The fourth-order valence-corrected chi connectivity index (χ4v) is 1.20. The van der Waals surface area contributed by atoms with Gasteiger partial charge in [0.15, 0.2) is 5.82 Å². The zero-order chi connectivity index (χ0) is 8.43. The van der Waals surface area contributed by atoms with Gasteiger partial charge in [0.2, 0.25) is 0 Å². The molecule has 0 spiro atoms. The molecule has 0 bridgehead atoms. The summed E-state index contributed by atoms with van der Waals surface area (Å²) >= 11 is 3.10. The number of hydrogen-bond acceptors (Lipinski definition) is 3. The number of carbonyl (C=O) groups is 1. The molecule has 0 saturated carbocycles. The third-order valence-electron chi connectivity index (χ3n) is 1.21. The number of halogens is 1. The Morgan fingerprint density at radius 1 is 1.82 bits per heavy atom. The van der Waals surface area contributed by atoms with Gasteiger partial charge in [-0.2, -0.15) is 5.10 Å². The van der Waals surface area contributed by atoms with Crippen LogP contribution in [0.5, 0.6) is 0 Å². The minimum absolute atomic E-state index is 0.340. The van der Waals surface area contributed by atoms with Gasteiger partial charge in [-0.1, -0.05) is 0 Å². The Kier molecular flexibility index (Phi) is 2.13. The Balaban J connectivity index is 3.17. The molecule has 5 nitrogen and oxygen atoms in total. The zero-order valence-electron chi connectivity index (χ0n) is 5.81. The molecular weight excluding hydrogens is 212 g/mol. The van der Waals surface area contributed by atoms with Crippen LogP contribution < -0.4 is 11.1 Å². The van der Waals surface area contributed by atoms with E-state index in [9.17, 15) is 4.79 Å². The summed E-state index contributed by atoms with van der Waals surface area (Å²) in [7, 11) is 1.66. The Bertz CT molecular complexity index is 282. The van der Waals surface area contributed by atoms with Gasteiger partial charge in [0, 0.05) is 7.05 Å². The van der Waals surface area contributed by atoms with Crippen molar-refractivity contribution in [3.63, 3.8) is 0 Å². The molecule has 0 saturated heterocycles. The first-order valence-electron chi connectivity index (χ1n) is 2.88. The SMILES string of the molecule is CNc1n[nH]c(Br)c1C(N)=O. The highest BCUT2D eigenvalue weighted by Gasteiger charge is 2.14. The van der Waals surface area contributed by atoms with Crippen molar-refractivity contribution in [2.45, 2.75) is 0 Å². The zero-order valence-corrected chi connectivity index (χ0v) is 7.40. The van der Waals surface area contributed by atoms with Crippen molar-refractivity contribution in [1.29, 1.82) is 0 Å². The molecule has 60 valence electrons. The van der Waals surface area contributed by atoms with Gasteiger partial charge in [0.1, 0.15) is 10.2 Å². The summed E-state index contributed by atoms with van der Waals surface area (Å²) < 4.78 is 0.495. The maximum Gasteiger partial charge on any atom is 0.255 e. The highest BCUT2D eigenvalue weighted by molar-refractivity contribution is 9.10. The van der Waals surface area contributed by atoms with Crippen LogP contribution in [-0.4, -0.2) is 23.2 Å². The lowest BCUT2D eigenvalue weighted by Crippen LogP contribution is -2.12. The summed E-state index contributed by atoms with van der Waals surface area (Å²) in [6, 6.07) is 0. The molecule has 0 aliphatic heterocycles. The molecule has 1 aromatic rings. The molecule has 6 heteroatoms. The molecule has 0 aliphatic carbocycles. The molecule has 0 atom stereocenters. The minimum Gasteiger partial charge on any atom is -0.371 e. The largest absolute Gasteiger partial charge is 0.371 e. The number of aromatic nitrogens is 2. The Morgan fingerprint density at radius 2 is 2.45 bits per heavy atom. The Labute approximate surface area is 71.5 Å². The average molecular weight is 219 g/mol. The fraction of sp³-hybridized carbons (Fsp3) is 0.200. The van der Waals surface area contributed by atoms with Crippen molar-refractivity contribution >= 4 is 27.7 Å². The molecule has 0 aromatic carbocycles. The first-order valence-corrected chi connectivity index (χ1v) is 3.67. The molecule has 1 heterocycles. The first kappa shape index (κ1) is 8.06. The molecule has 0 radical (unpaired) electrons. The summed E-state index contributed by atoms with van der Waals surface area (Å²) in [5.74, 6) is -0.0700. The lowest BCUT2D eigenvalue weighted by molar-refractivity contribution is 0.100. The van der Waals surface area contributed by atoms with E-state index in [2.05, 4.69) is 31.4 Å². The van der Waals surface area contributed by atoms with Crippen LogP contribution in [-0.2, 0) is 0 Å². The second-order valence-corrected chi connectivity index (χ2v) is 2.67. The highest BCUT2D eigenvalue weighted by atomic mass is 79.9. The molecule has 11 heavy (non-hydrogen) atoms. The van der Waals surface area contributed by atoms with E-state index in [1.165, 1.54) is 0 Å². The number of amides is 1. The van der Waals surface area contributed by atoms with Gasteiger partial charge in [-0.3, -0.25) is 9.89 Å². The van der Waals surface area contributed by atoms with Crippen LogP contribution in [0.3, 0.4) is 0 Å². The van der Waals surface area contributed by atoms with Crippen LogP contribution in [0.2, 0.25) is 0 Å². The quantitative estimate of drug-likeness (QED) is 0.669. The van der Waals surface area contributed by atoms with Gasteiger partial charge in [-0.25, -0.2) is 0 Å². The number of nitrogens with two attached hydrogens (primary N) is 1. The number of nitrogens with zero attached hydrogens (tertiary/aromatic N) is 1. The van der Waals surface area contributed by atoms with Gasteiger partial charge in [-0.05, 0) is 15.9 Å². The number of aromatic amines is 1. The Hall–Kier alpha value is -1.04. The van der Waals surface area contributed by atoms with E-state index in [0.29, 0.717) is 16.0 Å². The second-order valence-electron chi connectivity index (χ2n) is 1.88. The van der Waals surface area contributed by atoms with E-state index < -0.39 is 5.91 Å². The Morgan fingerprint density at radius 3 is 2.82 bits per heavy atom. The van der Waals surface area contributed by atoms with E-state index in [1.807, 2.05) is 0 Å². The van der Waals surface area contributed by atoms with Crippen molar-refractivity contribution < 1.29 is 4.79 Å². The second kappa shape index (κ2) is 2.91. The molecule has 0 aliphatic rings. The number of rotatable bonds is 2. The molecule has 0 unspecified atom stereocenters. The summed E-state index contributed by atoms with van der Waals surface area (Å²) in [4.78, 5) is 10.8. The molecule has 4 N–H and O–H groups in total. The number of nitrogens with one attached hydrogen (secondary N) is 2. The van der Waals surface area contributed by atoms with E-state index in [0.717, 1.165) is 0 Å². The van der Waals surface area contributed by atoms with Gasteiger partial charge in [0.05, 0.1) is 0 Å². The average Bonchev–Trinajstić information content (AvgIpc) is 2.30. The summed E-state index contributed by atoms with van der Waals surface area (Å²) in [6.07, 6.45) is 0. The molecule has 0 fully saturated rings. The number of anilines is 1. The van der Waals surface area contributed by atoms with Crippen LogP contribution >= 0.6 is 15.9 Å². The van der Waals surface area contributed by atoms with E-state index in [-0.39, 0.29) is 0 Å². The molecule has 1 rings (SSSR count). The van der Waals surface area contributed by atoms with Crippen molar-refractivity contribution in [1.82, 2.24) is 10.2 Å². The summed E-state index contributed by atoms with van der Waals surface area (Å²) in [6.45, 7) is 0. The minimum atomic E-state index is -0.519. The van der Waals surface area contributed by atoms with Crippen LogP contribution in [0.1, 0.15) is 10.4 Å². The predicted molar refractivity (Wildman–Crippen MR) is 44.4 cm³/mol. The van der Waals surface area contributed by atoms with Gasteiger partial charge in [0.25, 0.3) is 5.91 Å². The predicted octanol–water partition coefficient (Wildman–Crippen LogP) is 0.313. The van der Waals surface area contributed by atoms with E-state index >= 15 is 0 Å². The maximum absolute atomic E-state index is 10.8. The third kappa shape index (κ3) is 1.35. The summed E-state index contributed by atoms with van der Waals surface area (Å²) in [5, 5.41) is 9.07. The molecular formula is C5H7BrN4O. The monoisotopic (exact) mass is 218 g/mol. The topological polar surface area (TPSA) is 83.8 Å². The molecule has 1 amide bonds. The standard InChI is InChI=1S/C5H7BrN4O/c1-8-5-2(4(7)11)3(6)9-10-5/h1H3,(H2,7,11)(H2,8,9,10). The fourth-order valence-electron chi connectivity index (χ4n) is 0.727. The summed E-state index contributed by atoms with van der Waals surface area (Å²) in [5.41, 5.74) is 5.41. The maximum atomic E-state index is 10.8. The van der Waals surface area contributed by atoms with Crippen LogP contribution in [0.15, 0.2) is 4.60 Å². The third-order valence-corrected chi connectivity index (χ3v) is 1.78. The lowest BCUT2D eigenvalue weighted by Gasteiger charge is -1.95. The lowest BCUT2D eigenvalue weighted by atomic mass is 10.3. The number of hydrogen-bond donors (Lipinski definition) is 3. The van der Waals surface area contributed by atoms with Gasteiger partial charge < -0.3 is 11.1 Å². The number of H-pyrrole nitrogens is 1. The van der Waals surface area contributed by atoms with E-state index in [1.54, 1.807) is 7.05 Å². The molecule has 1 aromatic heterocycles. The van der Waals surface area contributed by atoms with E-state index in [4.69, 9.17) is 5.73 Å². The smallest absolute Gasteiger partial charge is 0.255 e. The van der Waals surface area contributed by atoms with Gasteiger partial charge in [-0.15, -0.1) is 0 Å².